The number of primary amides is 1. The molecule has 1 aromatic heterocycles. The van der Waals surface area contributed by atoms with Gasteiger partial charge in [0, 0.05) is 5.69 Å². The number of nitrogens with zero attached hydrogens (tertiary/aromatic N) is 1. The van der Waals surface area contributed by atoms with Gasteiger partial charge in [-0.15, -0.1) is 0 Å². The van der Waals surface area contributed by atoms with Crippen molar-refractivity contribution in [1.82, 2.24) is 4.98 Å². The zero-order valence-corrected chi connectivity index (χ0v) is 10.3. The van der Waals surface area contributed by atoms with E-state index in [4.69, 9.17) is 17.3 Å². The SMILES string of the molecule is CCCCc1cc(Cl)c(F)c(COC(N)=O)n1. The zero-order chi connectivity index (χ0) is 12.8. The minimum absolute atomic E-state index is 0.00223. The van der Waals surface area contributed by atoms with E-state index in [9.17, 15) is 9.18 Å². The molecule has 1 heterocycles. The lowest BCUT2D eigenvalue weighted by Crippen LogP contribution is -2.14. The van der Waals surface area contributed by atoms with Crippen LogP contribution in [0.15, 0.2) is 6.07 Å². The lowest BCUT2D eigenvalue weighted by atomic mass is 10.2. The lowest BCUT2D eigenvalue weighted by Gasteiger charge is -2.07. The van der Waals surface area contributed by atoms with Crippen molar-refractivity contribution in [2.45, 2.75) is 32.8 Å². The van der Waals surface area contributed by atoms with Crippen LogP contribution < -0.4 is 5.73 Å². The Morgan fingerprint density at radius 3 is 2.94 bits per heavy atom. The fourth-order valence-electron chi connectivity index (χ4n) is 1.32. The number of amides is 1. The molecule has 6 heteroatoms. The molecule has 1 aromatic rings. The van der Waals surface area contributed by atoms with Crippen LogP contribution in [0.1, 0.15) is 31.2 Å². The zero-order valence-electron chi connectivity index (χ0n) is 9.50. The number of aryl methyl sites for hydroxylation is 1. The molecule has 0 bridgehead atoms. The van der Waals surface area contributed by atoms with E-state index in [2.05, 4.69) is 9.72 Å². The van der Waals surface area contributed by atoms with Gasteiger partial charge in [0.05, 0.1) is 5.02 Å². The molecule has 4 nitrogen and oxygen atoms in total. The normalized spacial score (nSPS) is 10.3. The highest BCUT2D eigenvalue weighted by atomic mass is 35.5. The molecule has 1 rings (SSSR count). The highest BCUT2D eigenvalue weighted by Gasteiger charge is 2.12. The predicted octanol–water partition coefficient (Wildman–Crippen LogP) is 2.81. The van der Waals surface area contributed by atoms with E-state index in [1.807, 2.05) is 6.92 Å². The average Bonchev–Trinajstić information content (AvgIpc) is 2.28. The van der Waals surface area contributed by atoms with Crippen LogP contribution in [0.4, 0.5) is 9.18 Å². The van der Waals surface area contributed by atoms with Crippen LogP contribution in [-0.2, 0) is 17.8 Å². The third-order valence-corrected chi connectivity index (χ3v) is 2.45. The summed E-state index contributed by atoms with van der Waals surface area (Å²) in [6, 6.07) is 1.49. The lowest BCUT2D eigenvalue weighted by molar-refractivity contribution is 0.147. The Bertz CT molecular complexity index is 413. The molecule has 0 atom stereocenters. The molecule has 0 aliphatic carbocycles. The third-order valence-electron chi connectivity index (χ3n) is 2.17. The molecule has 0 unspecified atom stereocenters. The van der Waals surface area contributed by atoms with Gasteiger partial charge in [-0.2, -0.15) is 0 Å². The Labute approximate surface area is 104 Å². The van der Waals surface area contributed by atoms with Gasteiger partial charge in [-0.25, -0.2) is 9.18 Å². The molecule has 2 N–H and O–H groups in total. The van der Waals surface area contributed by atoms with Crippen LogP contribution >= 0.6 is 11.6 Å². The largest absolute Gasteiger partial charge is 0.443 e. The van der Waals surface area contributed by atoms with Crippen molar-refractivity contribution in [2.24, 2.45) is 5.73 Å². The minimum atomic E-state index is -0.971. The summed E-state index contributed by atoms with van der Waals surface area (Å²) >= 11 is 5.73. The predicted molar refractivity (Wildman–Crippen MR) is 62.2 cm³/mol. The number of halogens is 2. The number of carbonyl (C=O) groups excluding carboxylic acids is 1. The summed E-state index contributed by atoms with van der Waals surface area (Å²) in [7, 11) is 0. The topological polar surface area (TPSA) is 65.2 Å². The van der Waals surface area contributed by atoms with Gasteiger partial charge in [0.2, 0.25) is 0 Å². The van der Waals surface area contributed by atoms with Crippen molar-refractivity contribution in [3.8, 4) is 0 Å². The molecule has 0 saturated carbocycles. The Morgan fingerprint density at radius 1 is 1.65 bits per heavy atom. The summed E-state index contributed by atoms with van der Waals surface area (Å²) in [5, 5.41) is -0.0193. The van der Waals surface area contributed by atoms with Gasteiger partial charge in [0.25, 0.3) is 0 Å². The summed E-state index contributed by atoms with van der Waals surface area (Å²) < 4.78 is 18.0. The standard InChI is InChI=1S/C11H14ClFN2O2/c1-2-3-4-7-5-8(12)10(13)9(15-7)6-17-11(14)16/h5H,2-4,6H2,1H3,(H2,14,16). The second kappa shape index (κ2) is 6.39. The fourth-order valence-corrected chi connectivity index (χ4v) is 1.56. The maximum atomic E-state index is 13.5. The van der Waals surface area contributed by atoms with Crippen molar-refractivity contribution in [1.29, 1.82) is 0 Å². The van der Waals surface area contributed by atoms with Gasteiger partial charge >= 0.3 is 6.09 Å². The molecule has 1 amide bonds. The Morgan fingerprint density at radius 2 is 2.35 bits per heavy atom. The van der Waals surface area contributed by atoms with Gasteiger partial charge < -0.3 is 10.5 Å². The first-order valence-corrected chi connectivity index (χ1v) is 5.68. The van der Waals surface area contributed by atoms with Crippen LogP contribution in [0.5, 0.6) is 0 Å². The van der Waals surface area contributed by atoms with E-state index in [1.54, 1.807) is 0 Å². The van der Waals surface area contributed by atoms with E-state index in [1.165, 1.54) is 6.07 Å². The first-order chi connectivity index (χ1) is 8.04. The number of hydrogen-bond acceptors (Lipinski definition) is 3. The number of aromatic nitrogens is 1. The second-order valence-electron chi connectivity index (χ2n) is 3.57. The molecular weight excluding hydrogens is 247 g/mol. The van der Waals surface area contributed by atoms with Crippen LogP contribution in [0.25, 0.3) is 0 Å². The van der Waals surface area contributed by atoms with E-state index in [0.29, 0.717) is 12.1 Å². The molecule has 94 valence electrons. The van der Waals surface area contributed by atoms with Crippen molar-refractivity contribution >= 4 is 17.7 Å². The van der Waals surface area contributed by atoms with Gasteiger partial charge in [0.15, 0.2) is 5.82 Å². The molecule has 0 aliphatic rings. The van der Waals surface area contributed by atoms with Gasteiger partial charge in [-0.05, 0) is 18.9 Å². The van der Waals surface area contributed by atoms with Crippen molar-refractivity contribution in [3.63, 3.8) is 0 Å². The number of hydrogen-bond donors (Lipinski definition) is 1. The van der Waals surface area contributed by atoms with Crippen molar-refractivity contribution in [3.05, 3.63) is 28.3 Å². The molecule has 0 aliphatic heterocycles. The van der Waals surface area contributed by atoms with Crippen LogP contribution in [0.2, 0.25) is 5.02 Å². The molecular formula is C11H14ClFN2O2. The number of nitrogens with two attached hydrogens (primary N) is 1. The summed E-state index contributed by atoms with van der Waals surface area (Å²) in [5.74, 6) is -0.673. The summed E-state index contributed by atoms with van der Waals surface area (Å²) in [6.07, 6.45) is 1.68. The van der Waals surface area contributed by atoms with E-state index >= 15 is 0 Å². The van der Waals surface area contributed by atoms with Gasteiger partial charge in [-0.3, -0.25) is 4.98 Å². The Kier molecular flexibility index (Phi) is 5.15. The van der Waals surface area contributed by atoms with Gasteiger partial charge in [-0.1, -0.05) is 24.9 Å². The summed E-state index contributed by atoms with van der Waals surface area (Å²) in [4.78, 5) is 14.5. The number of rotatable bonds is 5. The summed E-state index contributed by atoms with van der Waals surface area (Å²) in [5.41, 5.74) is 5.49. The van der Waals surface area contributed by atoms with Crippen LogP contribution in [-0.4, -0.2) is 11.1 Å². The molecule has 0 aromatic carbocycles. The Hall–Kier alpha value is -1.36. The smallest absolute Gasteiger partial charge is 0.404 e. The van der Waals surface area contributed by atoms with Crippen molar-refractivity contribution in [2.75, 3.05) is 0 Å². The monoisotopic (exact) mass is 260 g/mol. The van der Waals surface area contributed by atoms with Crippen molar-refractivity contribution < 1.29 is 13.9 Å². The van der Waals surface area contributed by atoms with E-state index in [-0.39, 0.29) is 17.3 Å². The van der Waals surface area contributed by atoms with Crippen LogP contribution in [0.3, 0.4) is 0 Å². The molecule has 0 saturated heterocycles. The maximum Gasteiger partial charge on any atom is 0.404 e. The maximum absolute atomic E-state index is 13.5. The molecule has 0 radical (unpaired) electrons. The number of unbranched alkanes of at least 4 members (excludes halogenated alkanes) is 1. The first kappa shape index (κ1) is 13.7. The quantitative estimate of drug-likeness (QED) is 0.885. The molecule has 17 heavy (non-hydrogen) atoms. The second-order valence-corrected chi connectivity index (χ2v) is 3.97. The summed E-state index contributed by atoms with van der Waals surface area (Å²) in [6.45, 7) is 1.74. The molecule has 0 fully saturated rings. The van der Waals surface area contributed by atoms with E-state index < -0.39 is 11.9 Å². The Balaban J connectivity index is 2.86. The average molecular weight is 261 g/mol. The van der Waals surface area contributed by atoms with E-state index in [0.717, 1.165) is 12.8 Å². The number of pyridine rings is 1. The fraction of sp³-hybridized carbons (Fsp3) is 0.455. The highest BCUT2D eigenvalue weighted by Crippen LogP contribution is 2.20. The highest BCUT2D eigenvalue weighted by molar-refractivity contribution is 6.30. The minimum Gasteiger partial charge on any atom is -0.443 e. The third kappa shape index (κ3) is 4.19. The first-order valence-electron chi connectivity index (χ1n) is 5.30. The van der Waals surface area contributed by atoms with Crippen LogP contribution in [0, 0.1) is 5.82 Å². The van der Waals surface area contributed by atoms with Gasteiger partial charge in [0.1, 0.15) is 12.3 Å². The number of carbonyl (C=O) groups is 1. The molecule has 0 spiro atoms. The number of ether oxygens (including phenoxy) is 1.